The van der Waals surface area contributed by atoms with Gasteiger partial charge in [0, 0.05) is 10.2 Å². The first-order valence-corrected chi connectivity index (χ1v) is 5.16. The molecule has 0 spiro atoms. The Bertz CT molecular complexity index is 339. The van der Waals surface area contributed by atoms with E-state index in [1.165, 1.54) is 0 Å². The van der Waals surface area contributed by atoms with Gasteiger partial charge in [-0.15, -0.1) is 0 Å². The molecule has 1 rings (SSSR count). The number of nitrogens with two attached hydrogens (primary N) is 1. The van der Waals surface area contributed by atoms with E-state index >= 15 is 0 Å². The van der Waals surface area contributed by atoms with E-state index in [2.05, 4.69) is 15.9 Å². The number of carbonyl (C=O) groups is 1. The first-order valence-electron chi connectivity index (χ1n) is 4.37. The van der Waals surface area contributed by atoms with E-state index in [0.29, 0.717) is 22.3 Å². The Morgan fingerprint density at radius 3 is 2.93 bits per heavy atom. The molecule has 0 aliphatic carbocycles. The molecule has 4 heteroatoms. The molecule has 0 atom stereocenters. The lowest BCUT2D eigenvalue weighted by Gasteiger charge is -2.05. The fourth-order valence-corrected chi connectivity index (χ4v) is 1.38. The Kier molecular flexibility index (Phi) is 3.95. The minimum absolute atomic E-state index is 0.342. The van der Waals surface area contributed by atoms with Crippen LogP contribution in [0, 0.1) is 0 Å². The predicted molar refractivity (Wildman–Crippen MR) is 59.1 cm³/mol. The maximum absolute atomic E-state index is 11.5. The van der Waals surface area contributed by atoms with Gasteiger partial charge in [0.2, 0.25) is 0 Å². The van der Waals surface area contributed by atoms with Gasteiger partial charge in [-0.2, -0.15) is 0 Å². The van der Waals surface area contributed by atoms with Crippen LogP contribution in [-0.4, -0.2) is 12.6 Å². The van der Waals surface area contributed by atoms with Gasteiger partial charge in [0.15, 0.2) is 0 Å². The molecule has 1 aromatic rings. The summed E-state index contributed by atoms with van der Waals surface area (Å²) in [5.74, 6) is -0.342. The molecule has 0 aliphatic heterocycles. The molecule has 0 amide bonds. The fourth-order valence-electron chi connectivity index (χ4n) is 0.972. The van der Waals surface area contributed by atoms with E-state index in [1.54, 1.807) is 18.2 Å². The minimum Gasteiger partial charge on any atom is -0.462 e. The van der Waals surface area contributed by atoms with E-state index in [0.717, 1.165) is 6.42 Å². The third kappa shape index (κ3) is 2.73. The Hall–Kier alpha value is -1.03. The van der Waals surface area contributed by atoms with Gasteiger partial charge in [0.1, 0.15) is 0 Å². The molecule has 0 fully saturated rings. The third-order valence-corrected chi connectivity index (χ3v) is 2.34. The summed E-state index contributed by atoms with van der Waals surface area (Å²) in [5, 5.41) is 0. The SMILES string of the molecule is CCCOC(=O)c1cc(N)ccc1Br. The summed E-state index contributed by atoms with van der Waals surface area (Å²) in [4.78, 5) is 11.5. The van der Waals surface area contributed by atoms with Crippen molar-refractivity contribution in [3.8, 4) is 0 Å². The van der Waals surface area contributed by atoms with Crippen LogP contribution in [0.15, 0.2) is 22.7 Å². The Balaban J connectivity index is 2.83. The van der Waals surface area contributed by atoms with Crippen molar-refractivity contribution in [3.05, 3.63) is 28.2 Å². The van der Waals surface area contributed by atoms with Crippen LogP contribution < -0.4 is 5.73 Å². The standard InChI is InChI=1S/C10H12BrNO2/c1-2-5-14-10(13)8-6-7(12)3-4-9(8)11/h3-4,6H,2,5,12H2,1H3. The summed E-state index contributed by atoms with van der Waals surface area (Å²) in [7, 11) is 0. The van der Waals surface area contributed by atoms with E-state index in [9.17, 15) is 4.79 Å². The fraction of sp³-hybridized carbons (Fsp3) is 0.300. The van der Waals surface area contributed by atoms with E-state index in [1.807, 2.05) is 6.92 Å². The van der Waals surface area contributed by atoms with Gasteiger partial charge in [-0.05, 0) is 40.5 Å². The molecule has 0 aromatic heterocycles. The number of halogens is 1. The lowest BCUT2D eigenvalue weighted by molar-refractivity contribution is 0.0504. The van der Waals surface area contributed by atoms with Gasteiger partial charge in [-0.25, -0.2) is 4.79 Å². The molecule has 0 aliphatic rings. The maximum Gasteiger partial charge on any atom is 0.339 e. The Morgan fingerprint density at radius 1 is 1.57 bits per heavy atom. The Labute approximate surface area is 91.4 Å². The van der Waals surface area contributed by atoms with Gasteiger partial charge in [0.05, 0.1) is 12.2 Å². The predicted octanol–water partition coefficient (Wildman–Crippen LogP) is 2.60. The second-order valence-electron chi connectivity index (χ2n) is 2.88. The first-order chi connectivity index (χ1) is 6.65. The van der Waals surface area contributed by atoms with Crippen molar-refractivity contribution < 1.29 is 9.53 Å². The smallest absolute Gasteiger partial charge is 0.339 e. The number of hydrogen-bond donors (Lipinski definition) is 1. The molecule has 0 unspecified atom stereocenters. The van der Waals surface area contributed by atoms with E-state index in [-0.39, 0.29) is 5.97 Å². The van der Waals surface area contributed by atoms with Gasteiger partial charge >= 0.3 is 5.97 Å². The summed E-state index contributed by atoms with van der Waals surface area (Å²) in [6, 6.07) is 5.06. The van der Waals surface area contributed by atoms with Crippen molar-refractivity contribution >= 4 is 27.6 Å². The van der Waals surface area contributed by atoms with Crippen LogP contribution in [0.2, 0.25) is 0 Å². The molecule has 0 saturated heterocycles. The van der Waals surface area contributed by atoms with Crippen LogP contribution in [0.1, 0.15) is 23.7 Å². The van der Waals surface area contributed by atoms with Crippen molar-refractivity contribution in [2.75, 3.05) is 12.3 Å². The summed E-state index contributed by atoms with van der Waals surface area (Å²) < 4.78 is 5.69. The normalized spacial score (nSPS) is 9.86. The average Bonchev–Trinajstić information content (AvgIpc) is 2.18. The number of benzene rings is 1. The topological polar surface area (TPSA) is 52.3 Å². The van der Waals surface area contributed by atoms with Gasteiger partial charge in [-0.1, -0.05) is 6.92 Å². The lowest BCUT2D eigenvalue weighted by Crippen LogP contribution is -2.07. The van der Waals surface area contributed by atoms with Crippen LogP contribution in [0.3, 0.4) is 0 Å². The zero-order chi connectivity index (χ0) is 10.6. The van der Waals surface area contributed by atoms with Crippen molar-refractivity contribution in [1.82, 2.24) is 0 Å². The zero-order valence-corrected chi connectivity index (χ0v) is 9.50. The van der Waals surface area contributed by atoms with Crippen molar-refractivity contribution in [1.29, 1.82) is 0 Å². The quantitative estimate of drug-likeness (QED) is 0.669. The highest BCUT2D eigenvalue weighted by atomic mass is 79.9. The lowest BCUT2D eigenvalue weighted by atomic mass is 10.2. The van der Waals surface area contributed by atoms with Gasteiger partial charge in [-0.3, -0.25) is 0 Å². The van der Waals surface area contributed by atoms with Crippen molar-refractivity contribution in [2.24, 2.45) is 0 Å². The molecule has 76 valence electrons. The van der Waals surface area contributed by atoms with Gasteiger partial charge in [0.25, 0.3) is 0 Å². The van der Waals surface area contributed by atoms with Crippen LogP contribution >= 0.6 is 15.9 Å². The molecular weight excluding hydrogens is 246 g/mol. The summed E-state index contributed by atoms with van der Waals surface area (Å²) in [6.45, 7) is 2.38. The molecule has 2 N–H and O–H groups in total. The molecule has 0 saturated carbocycles. The van der Waals surface area contributed by atoms with Gasteiger partial charge < -0.3 is 10.5 Å². The number of carbonyl (C=O) groups excluding carboxylic acids is 1. The number of ether oxygens (including phenoxy) is 1. The number of esters is 1. The second kappa shape index (κ2) is 5.00. The third-order valence-electron chi connectivity index (χ3n) is 1.65. The highest BCUT2D eigenvalue weighted by Gasteiger charge is 2.10. The number of rotatable bonds is 3. The molecule has 0 heterocycles. The summed E-state index contributed by atoms with van der Waals surface area (Å²) in [6.07, 6.45) is 0.811. The van der Waals surface area contributed by atoms with Crippen molar-refractivity contribution in [3.63, 3.8) is 0 Å². The molecule has 0 bridgehead atoms. The van der Waals surface area contributed by atoms with Crippen LogP contribution in [-0.2, 0) is 4.74 Å². The number of nitrogen functional groups attached to an aromatic ring is 1. The highest BCUT2D eigenvalue weighted by molar-refractivity contribution is 9.10. The summed E-state index contributed by atoms with van der Waals surface area (Å²) in [5.41, 5.74) is 6.59. The Morgan fingerprint density at radius 2 is 2.29 bits per heavy atom. The minimum atomic E-state index is -0.342. The monoisotopic (exact) mass is 257 g/mol. The zero-order valence-electron chi connectivity index (χ0n) is 7.92. The molecule has 14 heavy (non-hydrogen) atoms. The maximum atomic E-state index is 11.5. The first kappa shape index (κ1) is 11.0. The van der Waals surface area contributed by atoms with E-state index in [4.69, 9.17) is 10.5 Å². The van der Waals surface area contributed by atoms with Crippen LogP contribution in [0.4, 0.5) is 5.69 Å². The van der Waals surface area contributed by atoms with Crippen LogP contribution in [0.5, 0.6) is 0 Å². The van der Waals surface area contributed by atoms with Crippen LogP contribution in [0.25, 0.3) is 0 Å². The molecule has 0 radical (unpaired) electrons. The largest absolute Gasteiger partial charge is 0.462 e. The molecular formula is C10H12BrNO2. The average molecular weight is 258 g/mol. The number of anilines is 1. The van der Waals surface area contributed by atoms with E-state index < -0.39 is 0 Å². The number of hydrogen-bond acceptors (Lipinski definition) is 3. The van der Waals surface area contributed by atoms with Crippen molar-refractivity contribution in [2.45, 2.75) is 13.3 Å². The molecule has 1 aromatic carbocycles. The summed E-state index contributed by atoms with van der Waals surface area (Å²) >= 11 is 3.27. The second-order valence-corrected chi connectivity index (χ2v) is 3.73. The highest BCUT2D eigenvalue weighted by Crippen LogP contribution is 2.20. The molecule has 3 nitrogen and oxygen atoms in total.